The molecule has 10 rings (SSSR count). The van der Waals surface area contributed by atoms with E-state index in [0.29, 0.717) is 0 Å². The van der Waals surface area contributed by atoms with Gasteiger partial charge < -0.3 is 4.57 Å². The van der Waals surface area contributed by atoms with E-state index in [-0.39, 0.29) is 26.6 Å². The number of para-hydroxylation sites is 3. The van der Waals surface area contributed by atoms with Gasteiger partial charge in [0.25, 0.3) is 0 Å². The van der Waals surface area contributed by atoms with Gasteiger partial charge in [0.1, 0.15) is 30.8 Å². The normalized spacial score (nSPS) is 12.8. The fourth-order valence-electron chi connectivity index (χ4n) is 8.49. The number of nitrogens with zero attached hydrogens (tertiary/aromatic N) is 4. The van der Waals surface area contributed by atoms with Gasteiger partial charge in [-0.2, -0.15) is 51.7 Å². The van der Waals surface area contributed by atoms with Crippen molar-refractivity contribution in [1.82, 2.24) is 9.55 Å². The molecule has 7 heteroatoms. The fourth-order valence-corrected chi connectivity index (χ4v) is 13.0. The van der Waals surface area contributed by atoms with E-state index < -0.39 is 8.07 Å². The van der Waals surface area contributed by atoms with E-state index in [1.807, 2.05) is 6.20 Å². The minimum Gasteiger partial charge on any atom is -0.319 e. The number of fused-ring (bicyclic) bond motifs is 4. The predicted octanol–water partition coefficient (Wildman–Crippen LogP) is 9.42. The van der Waals surface area contributed by atoms with Gasteiger partial charge in [-0.25, -0.2) is 4.98 Å². The molecule has 0 spiro atoms. The van der Waals surface area contributed by atoms with Crippen LogP contribution in [0.3, 0.4) is 0 Å². The summed E-state index contributed by atoms with van der Waals surface area (Å²) in [5.41, 5.74) is 7.16. The van der Waals surface area contributed by atoms with E-state index in [1.165, 1.54) is 15.8 Å². The summed E-state index contributed by atoms with van der Waals surface area (Å²) in [5.74, 6) is 0.855. The zero-order chi connectivity index (χ0) is 38.6. The van der Waals surface area contributed by atoms with Crippen LogP contribution in [-0.2, 0) is 21.1 Å². The first-order chi connectivity index (χ1) is 27.9. The van der Waals surface area contributed by atoms with Crippen molar-refractivity contribution in [2.45, 2.75) is 26.3 Å². The Morgan fingerprint density at radius 1 is 0.552 bits per heavy atom. The molecule has 0 aliphatic carbocycles. The molecular weight excluding hydrogens is 908 g/mol. The molecule has 0 amide bonds. The summed E-state index contributed by atoms with van der Waals surface area (Å²) >= 11 is 0. The van der Waals surface area contributed by atoms with Gasteiger partial charge in [-0.3, -0.25) is 0 Å². The number of aromatic nitrogens is 2. The molecule has 0 saturated heterocycles. The third kappa shape index (κ3) is 6.20. The summed E-state index contributed by atoms with van der Waals surface area (Å²) in [5, 5.41) is 11.2. The predicted molar refractivity (Wildman–Crippen MR) is 238 cm³/mol. The molecule has 0 unspecified atom stereocenters. The molecule has 7 aromatic carbocycles. The molecule has 0 radical (unpaired) electrons. The third-order valence-corrected chi connectivity index (χ3v) is 15.6. The summed E-state index contributed by atoms with van der Waals surface area (Å²) < 4.78 is 2.29. The zero-order valence-corrected chi connectivity index (χ0v) is 35.7. The molecule has 0 fully saturated rings. The molecule has 0 atom stereocenters. The monoisotopic (exact) mass is 948 g/mol. The van der Waals surface area contributed by atoms with Crippen LogP contribution in [0.4, 0.5) is 17.1 Å². The van der Waals surface area contributed by atoms with Gasteiger partial charge in [-0.15, -0.1) is 21.6 Å². The molecule has 1 aliphatic rings. The molecule has 1 aliphatic heterocycles. The number of rotatable bonds is 7. The van der Waals surface area contributed by atoms with Crippen molar-refractivity contribution in [2.24, 2.45) is 0 Å². The number of hydroxylamine groups is 1. The van der Waals surface area contributed by atoms with E-state index in [1.54, 1.807) is 0 Å². The van der Waals surface area contributed by atoms with Crippen LogP contribution in [0.25, 0.3) is 38.8 Å². The molecule has 3 heterocycles. The Bertz CT molecular complexity index is 2850. The minimum absolute atomic E-state index is 0. The van der Waals surface area contributed by atoms with Crippen LogP contribution >= 0.6 is 0 Å². The van der Waals surface area contributed by atoms with Crippen LogP contribution in [0.2, 0.25) is 0 Å². The Kier molecular flexibility index (Phi) is 9.73. The summed E-state index contributed by atoms with van der Waals surface area (Å²) in [6.45, 7) is 6.58. The average Bonchev–Trinajstić information content (AvgIpc) is 3.82. The minimum atomic E-state index is -3.11. The topological polar surface area (TPSA) is 37.1 Å². The summed E-state index contributed by atoms with van der Waals surface area (Å²) in [4.78, 5) is 10.2. The fraction of sp³-hybridized carbons (Fsp3) is 0.0784. The van der Waals surface area contributed by atoms with Gasteiger partial charge in [0, 0.05) is 38.5 Å². The van der Waals surface area contributed by atoms with Crippen molar-refractivity contribution in [3.63, 3.8) is 0 Å². The van der Waals surface area contributed by atoms with Crippen LogP contribution in [0.15, 0.2) is 188 Å². The maximum absolute atomic E-state index is 5.21. The molecule has 9 aromatic rings. The van der Waals surface area contributed by atoms with Crippen molar-refractivity contribution >= 4 is 67.7 Å². The number of benzene rings is 7. The molecule has 286 valence electrons. The molecule has 58 heavy (non-hydrogen) atoms. The third-order valence-electron chi connectivity index (χ3n) is 11.0. The van der Waals surface area contributed by atoms with E-state index >= 15 is 0 Å². The Labute approximate surface area is 355 Å². The quantitative estimate of drug-likeness (QED) is 0.0693. The number of anilines is 3. The van der Waals surface area contributed by atoms with Gasteiger partial charge in [-0.05, 0) is 78.0 Å². The molecule has 0 saturated carbocycles. The van der Waals surface area contributed by atoms with E-state index in [4.69, 9.17) is 9.92 Å². The van der Waals surface area contributed by atoms with Crippen molar-refractivity contribution in [3.05, 3.63) is 200 Å². The number of pyridine rings is 1. The Balaban J connectivity index is 0.00000436. The zero-order valence-electron chi connectivity index (χ0n) is 32.5. The smallest absolute Gasteiger partial charge is 0.145 e. The maximum Gasteiger partial charge on any atom is 0.145 e. The largest absolute Gasteiger partial charge is 0.319 e. The van der Waals surface area contributed by atoms with Crippen LogP contribution in [0, 0.1) is 12.1 Å². The summed E-state index contributed by atoms with van der Waals surface area (Å²) in [6.07, 6.45) is 1.91. The van der Waals surface area contributed by atoms with Crippen LogP contribution in [0.1, 0.15) is 20.8 Å². The van der Waals surface area contributed by atoms with E-state index in [0.717, 1.165) is 60.8 Å². The maximum atomic E-state index is 5.21. The van der Waals surface area contributed by atoms with Crippen LogP contribution in [0.5, 0.6) is 0 Å². The van der Waals surface area contributed by atoms with E-state index in [9.17, 15) is 0 Å². The Hall–Kier alpha value is -6.04. The summed E-state index contributed by atoms with van der Waals surface area (Å²) in [6, 6.07) is 73.1. The molecule has 2 aromatic heterocycles. The molecular formula is C51H41N4OPtSi-. The number of hydrogen-bond donors (Lipinski definition) is 0. The average molecular weight is 949 g/mol. The van der Waals surface area contributed by atoms with Crippen molar-refractivity contribution in [3.8, 4) is 16.9 Å². The molecule has 0 bridgehead atoms. The van der Waals surface area contributed by atoms with Gasteiger partial charge in [0.15, 0.2) is 0 Å². The SMILES string of the molecule is CC(C)(C)N1[OH+]N(c2[c-]c([Si](c3[c-]c4c(cc3)c3ccccc3n4-c3cc(-c4ccccc4)ccn3)(c3ccccc3)c3ccccc3)ccc2)c2ccccc21.[Pt]. The van der Waals surface area contributed by atoms with E-state index in [2.05, 4.69) is 230 Å². The Morgan fingerprint density at radius 3 is 1.88 bits per heavy atom. The Morgan fingerprint density at radius 2 is 1.17 bits per heavy atom. The first-order valence-corrected chi connectivity index (χ1v) is 21.4. The molecule has 1 N–H and O–H groups in total. The van der Waals surface area contributed by atoms with Gasteiger partial charge in [-0.1, -0.05) is 127 Å². The summed E-state index contributed by atoms with van der Waals surface area (Å²) in [7, 11) is -3.11. The second-order valence-electron chi connectivity index (χ2n) is 15.6. The molecule has 5 nitrogen and oxygen atoms in total. The first-order valence-electron chi connectivity index (χ1n) is 19.4. The standard InChI is InChI=1S/C51H40N4OSi.Pt/c1-51(2,3)55-48-29-16-15-28-47(48)54(56-55)39-20-17-25-42(35-39)57(40-21-9-5-10-22-40,41-23-11-6-12-24-41)43-30-31-45-44-26-13-14-27-46(44)53(49(45)36-43)50-34-38(32-33-52-50)37-18-7-4-8-19-37;/h4-34H,1-3H3;/q-2;/p+1. The van der Waals surface area contributed by atoms with Gasteiger partial charge in [0.05, 0.1) is 0 Å². The van der Waals surface area contributed by atoms with Crippen molar-refractivity contribution < 1.29 is 26.0 Å². The first kappa shape index (κ1) is 37.5. The van der Waals surface area contributed by atoms with Crippen LogP contribution < -0.4 is 30.9 Å². The van der Waals surface area contributed by atoms with Crippen molar-refractivity contribution in [2.75, 3.05) is 10.1 Å². The second kappa shape index (κ2) is 15.0. The van der Waals surface area contributed by atoms with Crippen LogP contribution in [-0.4, -0.2) is 28.1 Å². The number of hydrogen-bond acceptors (Lipinski definition) is 3. The second-order valence-corrected chi connectivity index (χ2v) is 19.3. The van der Waals surface area contributed by atoms with Gasteiger partial charge in [0.2, 0.25) is 0 Å². The van der Waals surface area contributed by atoms with Crippen molar-refractivity contribution in [1.29, 1.82) is 0 Å². The van der Waals surface area contributed by atoms with Gasteiger partial charge >= 0.3 is 0 Å².